The van der Waals surface area contributed by atoms with E-state index in [1.807, 2.05) is 29.9 Å². The maximum absolute atomic E-state index is 10.8. The Balaban J connectivity index is 1.31. The molecule has 1 aliphatic heterocycles. The quantitative estimate of drug-likeness (QED) is 0.236. The summed E-state index contributed by atoms with van der Waals surface area (Å²) in [7, 11) is 1.70. The van der Waals surface area contributed by atoms with Crippen molar-refractivity contribution in [2.45, 2.75) is 26.1 Å². The molecule has 5 rings (SSSR count). The molecule has 9 nitrogen and oxygen atoms in total. The molecule has 4 heterocycles. The highest BCUT2D eigenvalue weighted by atomic mass is 32.1. The molecule has 37 heavy (non-hydrogen) atoms. The molecule has 1 saturated heterocycles. The molecule has 0 spiro atoms. The monoisotopic (exact) mass is 521 g/mol. The fourth-order valence-corrected chi connectivity index (χ4v) is 5.82. The van der Waals surface area contributed by atoms with Crippen LogP contribution >= 0.6 is 11.3 Å². The van der Waals surface area contributed by atoms with Gasteiger partial charge in [-0.3, -0.25) is 10.00 Å². The fourth-order valence-electron chi connectivity index (χ4n) is 4.72. The van der Waals surface area contributed by atoms with Crippen molar-refractivity contribution in [2.24, 2.45) is 0 Å². The first-order valence-corrected chi connectivity index (χ1v) is 13.5. The van der Waals surface area contributed by atoms with Crippen LogP contribution in [0.2, 0.25) is 0 Å². The molecule has 3 aromatic heterocycles. The van der Waals surface area contributed by atoms with Gasteiger partial charge < -0.3 is 25.8 Å². The van der Waals surface area contributed by atoms with Gasteiger partial charge in [-0.1, -0.05) is 6.07 Å². The molecule has 1 aliphatic rings. The van der Waals surface area contributed by atoms with Crippen molar-refractivity contribution in [3.63, 3.8) is 0 Å². The number of pyridine rings is 1. The lowest BCUT2D eigenvalue weighted by molar-refractivity contribution is 0.144. The fraction of sp³-hybridized carbons (Fsp3) is 0.407. The van der Waals surface area contributed by atoms with Gasteiger partial charge in [-0.2, -0.15) is 5.10 Å². The maximum Gasteiger partial charge on any atom is 0.142 e. The van der Waals surface area contributed by atoms with Crippen LogP contribution in [0.4, 0.5) is 11.4 Å². The second kappa shape index (κ2) is 11.6. The lowest BCUT2D eigenvalue weighted by atomic mass is 10.0. The summed E-state index contributed by atoms with van der Waals surface area (Å²) in [6.07, 6.45) is 3.96. The molecule has 1 fully saturated rings. The van der Waals surface area contributed by atoms with Crippen LogP contribution in [-0.2, 0) is 17.7 Å². The Bertz CT molecular complexity index is 1350. The number of nitrogens with one attached hydrogen (secondary N) is 2. The second-order valence-electron chi connectivity index (χ2n) is 9.37. The van der Waals surface area contributed by atoms with E-state index in [0.717, 1.165) is 60.6 Å². The predicted octanol–water partition coefficient (Wildman–Crippen LogP) is 2.93. The van der Waals surface area contributed by atoms with Crippen LogP contribution in [0.3, 0.4) is 0 Å². The third-order valence-corrected chi connectivity index (χ3v) is 7.92. The number of hydrogen-bond donors (Lipinski definition) is 4. The van der Waals surface area contributed by atoms with Crippen LogP contribution in [0.1, 0.15) is 22.4 Å². The lowest BCUT2D eigenvalue weighted by Crippen LogP contribution is -2.43. The van der Waals surface area contributed by atoms with Crippen molar-refractivity contribution in [3.8, 4) is 11.1 Å². The highest BCUT2D eigenvalue weighted by Crippen LogP contribution is 2.36. The topological polar surface area (TPSA) is 113 Å². The molecular formula is C27H35N7O2S. The van der Waals surface area contributed by atoms with Crippen molar-refractivity contribution >= 4 is 32.9 Å². The summed E-state index contributed by atoms with van der Waals surface area (Å²) < 4.78 is 7.14. The minimum absolute atomic E-state index is 0.598. The Hall–Kier alpha value is -3.02. The van der Waals surface area contributed by atoms with Gasteiger partial charge in [-0.25, -0.2) is 4.98 Å². The zero-order valence-electron chi connectivity index (χ0n) is 21.4. The van der Waals surface area contributed by atoms with E-state index >= 15 is 0 Å². The van der Waals surface area contributed by atoms with E-state index in [1.165, 1.54) is 28.2 Å². The number of piperazine rings is 1. The first kappa shape index (κ1) is 25.6. The van der Waals surface area contributed by atoms with Crippen molar-refractivity contribution in [1.82, 2.24) is 25.4 Å². The van der Waals surface area contributed by atoms with Crippen molar-refractivity contribution in [2.75, 3.05) is 57.1 Å². The Labute approximate surface area is 221 Å². The zero-order chi connectivity index (χ0) is 25.8. The van der Waals surface area contributed by atoms with E-state index in [-0.39, 0.29) is 0 Å². The molecule has 0 aliphatic carbocycles. The summed E-state index contributed by atoms with van der Waals surface area (Å²) in [5.41, 5.74) is 12.6. The first-order valence-electron chi connectivity index (χ1n) is 12.7. The molecule has 1 atom stereocenters. The number of nitrogens with zero attached hydrogens (tertiary/aromatic N) is 4. The molecule has 0 radical (unpaired) electrons. The Morgan fingerprint density at radius 2 is 2.08 bits per heavy atom. The Morgan fingerprint density at radius 1 is 1.24 bits per heavy atom. The van der Waals surface area contributed by atoms with Crippen LogP contribution in [0, 0.1) is 6.92 Å². The van der Waals surface area contributed by atoms with Crippen molar-refractivity contribution < 1.29 is 9.84 Å². The number of fused-ring (bicyclic) bond motifs is 1. The average molecular weight is 522 g/mol. The lowest BCUT2D eigenvalue weighted by Gasteiger charge is -2.31. The summed E-state index contributed by atoms with van der Waals surface area (Å²) in [5, 5.41) is 22.9. The van der Waals surface area contributed by atoms with Crippen LogP contribution in [0.5, 0.6) is 0 Å². The number of ether oxygens (including phenoxy) is 1. The number of benzene rings is 1. The number of hydrogen-bond acceptors (Lipinski definition) is 9. The second-order valence-corrected chi connectivity index (χ2v) is 10.4. The van der Waals surface area contributed by atoms with Crippen LogP contribution in [0.25, 0.3) is 21.3 Å². The minimum atomic E-state index is -0.835. The number of thiophene rings is 1. The van der Waals surface area contributed by atoms with Gasteiger partial charge in [-0.15, -0.1) is 11.3 Å². The van der Waals surface area contributed by atoms with Crippen molar-refractivity contribution in [1.29, 1.82) is 0 Å². The van der Waals surface area contributed by atoms with Crippen LogP contribution < -0.4 is 21.3 Å². The number of aliphatic hydroxyl groups is 1. The third kappa shape index (κ3) is 5.78. The SMILES string of the molecule is COCCn1cc(-c2cc(CCNC(O)c3sc4nc(C)ccc4c3N)ccc2N2CCNCC2)cn1. The molecule has 0 saturated carbocycles. The molecule has 1 unspecified atom stereocenters. The molecule has 0 bridgehead atoms. The number of aryl methyl sites for hydroxylation is 1. The van der Waals surface area contributed by atoms with Gasteiger partial charge in [0.2, 0.25) is 0 Å². The normalized spacial score (nSPS) is 14.9. The predicted molar refractivity (Wildman–Crippen MR) is 150 cm³/mol. The highest BCUT2D eigenvalue weighted by Gasteiger charge is 2.19. The third-order valence-electron chi connectivity index (χ3n) is 6.75. The van der Waals surface area contributed by atoms with Crippen molar-refractivity contribution in [3.05, 3.63) is 58.9 Å². The number of anilines is 2. The molecule has 10 heteroatoms. The number of nitrogens with two attached hydrogens (primary N) is 1. The summed E-state index contributed by atoms with van der Waals surface area (Å²) in [6.45, 7) is 7.82. The smallest absolute Gasteiger partial charge is 0.142 e. The average Bonchev–Trinajstić information content (AvgIpc) is 3.52. The van der Waals surface area contributed by atoms with Gasteiger partial charge in [0, 0.05) is 73.9 Å². The standard InChI is InChI=1S/C27H35N7O2S/c1-18-3-5-21-24(28)25(37-27(21)32-18)26(35)30-8-7-19-4-6-23(33-11-9-29-10-12-33)22(15-19)20-16-31-34(17-20)13-14-36-2/h3-6,15-17,26,29-30,35H,7-14,28H2,1-2H3. The van der Waals surface area contributed by atoms with E-state index in [0.29, 0.717) is 23.7 Å². The van der Waals surface area contributed by atoms with Gasteiger partial charge in [0.1, 0.15) is 11.1 Å². The molecule has 4 aromatic rings. The Morgan fingerprint density at radius 3 is 2.89 bits per heavy atom. The van der Waals surface area contributed by atoms with Gasteiger partial charge in [0.25, 0.3) is 0 Å². The molecule has 5 N–H and O–H groups in total. The van der Waals surface area contributed by atoms with E-state index in [4.69, 9.17) is 10.5 Å². The summed E-state index contributed by atoms with van der Waals surface area (Å²) >= 11 is 1.44. The minimum Gasteiger partial charge on any atom is -0.397 e. The zero-order valence-corrected chi connectivity index (χ0v) is 22.2. The van der Waals surface area contributed by atoms with E-state index in [2.05, 4.69) is 50.0 Å². The van der Waals surface area contributed by atoms with Gasteiger partial charge >= 0.3 is 0 Å². The maximum atomic E-state index is 10.8. The Kier molecular flexibility index (Phi) is 8.02. The molecule has 1 aromatic carbocycles. The van der Waals surface area contributed by atoms with E-state index in [9.17, 15) is 5.11 Å². The summed E-state index contributed by atoms with van der Waals surface area (Å²) in [5.74, 6) is 0. The molecule has 0 amide bonds. The summed E-state index contributed by atoms with van der Waals surface area (Å²) in [4.78, 5) is 8.55. The molecular weight excluding hydrogens is 486 g/mol. The number of methoxy groups -OCH3 is 1. The van der Waals surface area contributed by atoms with Gasteiger partial charge in [0.05, 0.1) is 29.9 Å². The highest BCUT2D eigenvalue weighted by molar-refractivity contribution is 7.19. The molecule has 196 valence electrons. The summed E-state index contributed by atoms with van der Waals surface area (Å²) in [6, 6.07) is 10.6. The number of rotatable bonds is 10. The van der Waals surface area contributed by atoms with Crippen LogP contribution in [0.15, 0.2) is 42.7 Å². The number of aliphatic hydroxyl groups excluding tert-OH is 1. The number of nitrogen functional groups attached to an aromatic ring is 1. The van der Waals surface area contributed by atoms with Gasteiger partial charge in [0.15, 0.2) is 0 Å². The largest absolute Gasteiger partial charge is 0.397 e. The van der Waals surface area contributed by atoms with E-state index in [1.54, 1.807) is 7.11 Å². The van der Waals surface area contributed by atoms with Crippen LogP contribution in [-0.4, -0.2) is 66.3 Å². The van der Waals surface area contributed by atoms with E-state index < -0.39 is 6.23 Å². The number of aromatic nitrogens is 3. The first-order chi connectivity index (χ1) is 18.0. The van der Waals surface area contributed by atoms with Gasteiger partial charge in [-0.05, 0) is 43.2 Å².